The first-order valence-corrected chi connectivity index (χ1v) is 5.84. The number of aromatic nitrogens is 2. The molecule has 0 bridgehead atoms. The van der Waals surface area contributed by atoms with Gasteiger partial charge >= 0.3 is 0 Å². The number of anilines is 1. The second-order valence-electron chi connectivity index (χ2n) is 4.09. The van der Waals surface area contributed by atoms with Crippen LogP contribution in [0, 0.1) is 6.92 Å². The zero-order valence-corrected chi connectivity index (χ0v) is 9.97. The van der Waals surface area contributed by atoms with Gasteiger partial charge in [0.25, 0.3) is 0 Å². The minimum absolute atomic E-state index is 0.747. The molecule has 0 saturated carbocycles. The molecule has 1 aliphatic heterocycles. The maximum atomic E-state index is 5.39. The summed E-state index contributed by atoms with van der Waals surface area (Å²) in [5.74, 6) is 0.961. The Morgan fingerprint density at radius 3 is 3.06 bits per heavy atom. The molecule has 0 unspecified atom stereocenters. The van der Waals surface area contributed by atoms with Crippen molar-refractivity contribution in [3.05, 3.63) is 22.9 Å². The van der Waals surface area contributed by atoms with Gasteiger partial charge in [0, 0.05) is 17.8 Å². The number of nitrogens with zero attached hydrogens (tertiary/aromatic N) is 1. The molecule has 4 nitrogen and oxygen atoms in total. The Morgan fingerprint density at radius 1 is 1.56 bits per heavy atom. The molecule has 0 spiro atoms. The number of ether oxygens (including phenoxy) is 1. The van der Waals surface area contributed by atoms with Crippen LogP contribution in [-0.2, 0) is 11.2 Å². The van der Waals surface area contributed by atoms with Crippen LogP contribution in [0.3, 0.4) is 0 Å². The topological polar surface area (TPSA) is 49.9 Å². The molecule has 0 saturated heterocycles. The molecule has 0 atom stereocenters. The van der Waals surface area contributed by atoms with Crippen molar-refractivity contribution in [2.45, 2.75) is 26.7 Å². The fourth-order valence-electron chi connectivity index (χ4n) is 1.88. The molecule has 1 aromatic heterocycles. The van der Waals surface area contributed by atoms with Gasteiger partial charge in [0.05, 0.1) is 13.2 Å². The van der Waals surface area contributed by atoms with Gasteiger partial charge in [-0.15, -0.1) is 0 Å². The molecule has 0 fully saturated rings. The molecule has 2 heterocycles. The summed E-state index contributed by atoms with van der Waals surface area (Å²) in [5, 5.41) is 10.7. The number of rotatable bonds is 4. The Balaban J connectivity index is 1.93. The normalized spacial score (nSPS) is 16.0. The monoisotopic (exact) mass is 221 g/mol. The van der Waals surface area contributed by atoms with Gasteiger partial charge in [0.2, 0.25) is 0 Å². The smallest absolute Gasteiger partial charge is 0.151 e. The summed E-state index contributed by atoms with van der Waals surface area (Å²) in [6.07, 6.45) is 4.27. The Labute approximate surface area is 96.1 Å². The first-order chi connectivity index (χ1) is 7.81. The lowest BCUT2D eigenvalue weighted by molar-refractivity contribution is 0.150. The third-order valence-corrected chi connectivity index (χ3v) is 2.93. The third kappa shape index (κ3) is 2.44. The lowest BCUT2D eigenvalue weighted by Gasteiger charge is -2.14. The number of hydrogen-bond donors (Lipinski definition) is 2. The summed E-state index contributed by atoms with van der Waals surface area (Å²) in [5.41, 5.74) is 3.74. The molecule has 1 aliphatic rings. The SMILES string of the molecule is CCc1[nH]nc(NCC2=CCCOC2)c1C. The molecule has 0 aliphatic carbocycles. The molecule has 0 aromatic carbocycles. The van der Waals surface area contributed by atoms with Crippen molar-refractivity contribution in [1.82, 2.24) is 10.2 Å². The maximum absolute atomic E-state index is 5.39. The maximum Gasteiger partial charge on any atom is 0.151 e. The van der Waals surface area contributed by atoms with Gasteiger partial charge in [0.1, 0.15) is 0 Å². The molecule has 2 N–H and O–H groups in total. The summed E-state index contributed by atoms with van der Waals surface area (Å²) < 4.78 is 5.39. The summed E-state index contributed by atoms with van der Waals surface area (Å²) in [6, 6.07) is 0. The van der Waals surface area contributed by atoms with Crippen molar-refractivity contribution >= 4 is 5.82 Å². The van der Waals surface area contributed by atoms with E-state index in [2.05, 4.69) is 35.4 Å². The van der Waals surface area contributed by atoms with Crippen LogP contribution in [-0.4, -0.2) is 30.0 Å². The highest BCUT2D eigenvalue weighted by Crippen LogP contribution is 2.16. The van der Waals surface area contributed by atoms with E-state index in [1.165, 1.54) is 16.8 Å². The van der Waals surface area contributed by atoms with Gasteiger partial charge < -0.3 is 10.1 Å². The Kier molecular flexibility index (Phi) is 3.62. The number of aryl methyl sites for hydroxylation is 1. The van der Waals surface area contributed by atoms with E-state index in [-0.39, 0.29) is 0 Å². The summed E-state index contributed by atoms with van der Waals surface area (Å²) in [7, 11) is 0. The zero-order valence-electron chi connectivity index (χ0n) is 9.97. The quantitative estimate of drug-likeness (QED) is 0.765. The minimum Gasteiger partial charge on any atom is -0.377 e. The van der Waals surface area contributed by atoms with Crippen molar-refractivity contribution in [2.24, 2.45) is 0 Å². The van der Waals surface area contributed by atoms with Crippen LogP contribution < -0.4 is 5.32 Å². The van der Waals surface area contributed by atoms with Crippen LogP contribution in [0.2, 0.25) is 0 Å². The van der Waals surface area contributed by atoms with Gasteiger partial charge in [-0.3, -0.25) is 5.10 Å². The Hall–Kier alpha value is -1.29. The molecule has 2 rings (SSSR count). The van der Waals surface area contributed by atoms with Crippen LogP contribution >= 0.6 is 0 Å². The molecule has 88 valence electrons. The van der Waals surface area contributed by atoms with E-state index in [0.717, 1.165) is 38.4 Å². The van der Waals surface area contributed by atoms with E-state index in [1.807, 2.05) is 0 Å². The standard InChI is InChI=1S/C12H19N3O/c1-3-11-9(2)12(15-14-11)13-7-10-5-4-6-16-8-10/h5H,3-4,6-8H2,1-2H3,(H2,13,14,15). The lowest BCUT2D eigenvalue weighted by Crippen LogP contribution is -2.14. The van der Waals surface area contributed by atoms with E-state index >= 15 is 0 Å². The van der Waals surface area contributed by atoms with Crippen LogP contribution in [0.25, 0.3) is 0 Å². The van der Waals surface area contributed by atoms with Gasteiger partial charge in [-0.25, -0.2) is 0 Å². The minimum atomic E-state index is 0.747. The second-order valence-corrected chi connectivity index (χ2v) is 4.09. The van der Waals surface area contributed by atoms with Crippen molar-refractivity contribution in [3.8, 4) is 0 Å². The van der Waals surface area contributed by atoms with E-state index in [1.54, 1.807) is 0 Å². The number of nitrogens with one attached hydrogen (secondary N) is 2. The molecule has 16 heavy (non-hydrogen) atoms. The van der Waals surface area contributed by atoms with Gasteiger partial charge in [-0.2, -0.15) is 5.10 Å². The van der Waals surface area contributed by atoms with E-state index in [9.17, 15) is 0 Å². The largest absolute Gasteiger partial charge is 0.377 e. The van der Waals surface area contributed by atoms with Crippen molar-refractivity contribution in [3.63, 3.8) is 0 Å². The van der Waals surface area contributed by atoms with E-state index < -0.39 is 0 Å². The molecule has 0 radical (unpaired) electrons. The molecule has 4 heteroatoms. The first-order valence-electron chi connectivity index (χ1n) is 5.84. The van der Waals surface area contributed by atoms with Gasteiger partial charge in [0.15, 0.2) is 5.82 Å². The lowest BCUT2D eigenvalue weighted by atomic mass is 10.2. The van der Waals surface area contributed by atoms with Gasteiger partial charge in [-0.05, 0) is 25.3 Å². The third-order valence-electron chi connectivity index (χ3n) is 2.93. The Morgan fingerprint density at radius 2 is 2.44 bits per heavy atom. The van der Waals surface area contributed by atoms with Gasteiger partial charge in [-0.1, -0.05) is 13.0 Å². The number of H-pyrrole nitrogens is 1. The second kappa shape index (κ2) is 5.16. The van der Waals surface area contributed by atoms with Crippen molar-refractivity contribution < 1.29 is 4.74 Å². The summed E-state index contributed by atoms with van der Waals surface area (Å²) in [4.78, 5) is 0. The van der Waals surface area contributed by atoms with E-state index in [4.69, 9.17) is 4.74 Å². The van der Waals surface area contributed by atoms with E-state index in [0.29, 0.717) is 0 Å². The predicted octanol–water partition coefficient (Wildman–Crippen LogP) is 2.04. The molecular formula is C12H19N3O. The van der Waals surface area contributed by atoms with Crippen molar-refractivity contribution in [1.29, 1.82) is 0 Å². The highest BCUT2D eigenvalue weighted by Gasteiger charge is 2.08. The fraction of sp³-hybridized carbons (Fsp3) is 0.583. The summed E-state index contributed by atoms with van der Waals surface area (Å²) >= 11 is 0. The first kappa shape index (κ1) is 11.2. The predicted molar refractivity (Wildman–Crippen MR) is 64.7 cm³/mol. The highest BCUT2D eigenvalue weighted by atomic mass is 16.5. The molecular weight excluding hydrogens is 202 g/mol. The van der Waals surface area contributed by atoms with Crippen LogP contribution in [0.5, 0.6) is 0 Å². The number of aromatic amines is 1. The van der Waals surface area contributed by atoms with Crippen LogP contribution in [0.1, 0.15) is 24.6 Å². The van der Waals surface area contributed by atoms with Crippen LogP contribution in [0.15, 0.2) is 11.6 Å². The number of hydrogen-bond acceptors (Lipinski definition) is 3. The molecule has 1 aromatic rings. The average molecular weight is 221 g/mol. The van der Waals surface area contributed by atoms with Crippen LogP contribution in [0.4, 0.5) is 5.82 Å². The Bertz CT molecular complexity index is 382. The fourth-order valence-corrected chi connectivity index (χ4v) is 1.88. The highest BCUT2D eigenvalue weighted by molar-refractivity contribution is 5.46. The zero-order chi connectivity index (χ0) is 11.4. The summed E-state index contributed by atoms with van der Waals surface area (Å²) in [6.45, 7) is 6.65. The van der Waals surface area contributed by atoms with Crippen molar-refractivity contribution in [2.75, 3.05) is 25.1 Å². The molecule has 0 amide bonds. The average Bonchev–Trinajstić information content (AvgIpc) is 2.69.